The second kappa shape index (κ2) is 8.21. The highest BCUT2D eigenvalue weighted by Crippen LogP contribution is 2.39. The number of benzene rings is 2. The number of carbonyl (C=O) groups excluding carboxylic acids is 1. The van der Waals surface area contributed by atoms with Crippen LogP contribution >= 0.6 is 0 Å². The van der Waals surface area contributed by atoms with Crippen molar-refractivity contribution in [2.45, 2.75) is 57.0 Å². The van der Waals surface area contributed by atoms with E-state index < -0.39 is 17.7 Å². The van der Waals surface area contributed by atoms with E-state index in [4.69, 9.17) is 0 Å². The molecule has 2 aromatic carbocycles. The molecule has 5 heteroatoms. The van der Waals surface area contributed by atoms with Gasteiger partial charge in [0.25, 0.3) is 0 Å². The van der Waals surface area contributed by atoms with Crippen molar-refractivity contribution >= 4 is 11.6 Å². The molecule has 0 bridgehead atoms. The summed E-state index contributed by atoms with van der Waals surface area (Å²) in [6, 6.07) is 13.0. The first-order chi connectivity index (χ1) is 13.9. The maximum atomic E-state index is 13.2. The molecule has 154 valence electrons. The van der Waals surface area contributed by atoms with Crippen LogP contribution < -0.4 is 5.32 Å². The van der Waals surface area contributed by atoms with E-state index in [0.29, 0.717) is 5.56 Å². The Morgan fingerprint density at radius 2 is 1.69 bits per heavy atom. The molecule has 1 atom stereocenters. The molecule has 0 radical (unpaired) electrons. The van der Waals surface area contributed by atoms with Crippen LogP contribution in [0.2, 0.25) is 0 Å². The summed E-state index contributed by atoms with van der Waals surface area (Å²) in [6.07, 6.45) is 3.20. The third-order valence-electron chi connectivity index (χ3n) is 6.17. The standard InChI is InChI=1S/C24H26F3NO/c25-24(26,27)20-12-10-19(11-13-20)22(18-5-1-2-6-18)23(29)28-21-7-3-4-17(15-21)14-16-8-9-16/h3-4,7,10-13,15-16,18,22H,1-2,5-6,8-9,14H2,(H,28,29)/t22-/m0/s1. The molecule has 2 aliphatic rings. The summed E-state index contributed by atoms with van der Waals surface area (Å²) >= 11 is 0. The number of amides is 1. The van der Waals surface area contributed by atoms with Crippen molar-refractivity contribution in [3.63, 3.8) is 0 Å². The van der Waals surface area contributed by atoms with Crippen molar-refractivity contribution in [3.8, 4) is 0 Å². The fraction of sp³-hybridized carbons (Fsp3) is 0.458. The fourth-order valence-electron chi connectivity index (χ4n) is 4.46. The third-order valence-corrected chi connectivity index (χ3v) is 6.17. The van der Waals surface area contributed by atoms with Gasteiger partial charge in [-0.25, -0.2) is 0 Å². The summed E-state index contributed by atoms with van der Waals surface area (Å²) < 4.78 is 38.8. The Morgan fingerprint density at radius 3 is 2.31 bits per heavy atom. The molecular formula is C24H26F3NO. The lowest BCUT2D eigenvalue weighted by molar-refractivity contribution is -0.137. The Kier molecular flexibility index (Phi) is 5.66. The van der Waals surface area contributed by atoms with Crippen molar-refractivity contribution in [1.82, 2.24) is 0 Å². The number of carbonyl (C=O) groups is 1. The predicted octanol–water partition coefficient (Wildman–Crippen LogP) is 6.57. The number of anilines is 1. The Morgan fingerprint density at radius 1 is 1.00 bits per heavy atom. The average Bonchev–Trinajstić information content (AvgIpc) is 3.33. The minimum absolute atomic E-state index is 0.125. The fourth-order valence-corrected chi connectivity index (χ4v) is 4.46. The second-order valence-electron chi connectivity index (χ2n) is 8.48. The predicted molar refractivity (Wildman–Crippen MR) is 108 cm³/mol. The van der Waals surface area contributed by atoms with Crippen LogP contribution in [-0.2, 0) is 17.4 Å². The van der Waals surface area contributed by atoms with Gasteiger partial charge in [0.15, 0.2) is 0 Å². The normalized spacial score (nSPS) is 18.6. The van der Waals surface area contributed by atoms with Crippen LogP contribution in [-0.4, -0.2) is 5.91 Å². The molecule has 1 N–H and O–H groups in total. The number of nitrogens with one attached hydrogen (secondary N) is 1. The van der Waals surface area contributed by atoms with Crippen molar-refractivity contribution < 1.29 is 18.0 Å². The Labute approximate surface area is 169 Å². The van der Waals surface area contributed by atoms with Crippen molar-refractivity contribution in [3.05, 3.63) is 65.2 Å². The van der Waals surface area contributed by atoms with Gasteiger partial charge in [-0.05, 0) is 79.3 Å². The second-order valence-corrected chi connectivity index (χ2v) is 8.48. The highest BCUT2D eigenvalue weighted by Gasteiger charge is 2.34. The van der Waals surface area contributed by atoms with Crippen LogP contribution in [0.4, 0.5) is 18.9 Å². The van der Waals surface area contributed by atoms with E-state index >= 15 is 0 Å². The van der Waals surface area contributed by atoms with Gasteiger partial charge in [0.05, 0.1) is 11.5 Å². The van der Waals surface area contributed by atoms with Gasteiger partial charge in [0.1, 0.15) is 0 Å². The van der Waals surface area contributed by atoms with Gasteiger partial charge in [-0.15, -0.1) is 0 Å². The topological polar surface area (TPSA) is 29.1 Å². The lowest BCUT2D eigenvalue weighted by atomic mass is 9.83. The molecule has 0 aliphatic heterocycles. The van der Waals surface area contributed by atoms with Gasteiger partial charge in [0, 0.05) is 5.69 Å². The van der Waals surface area contributed by atoms with Crippen LogP contribution in [0.5, 0.6) is 0 Å². The molecule has 2 aromatic rings. The average molecular weight is 401 g/mol. The highest BCUT2D eigenvalue weighted by atomic mass is 19.4. The molecule has 29 heavy (non-hydrogen) atoms. The first-order valence-electron chi connectivity index (χ1n) is 10.5. The van der Waals surface area contributed by atoms with E-state index in [1.165, 1.54) is 30.5 Å². The third kappa shape index (κ3) is 5.01. The van der Waals surface area contributed by atoms with Gasteiger partial charge < -0.3 is 5.32 Å². The summed E-state index contributed by atoms with van der Waals surface area (Å²) in [6.45, 7) is 0. The maximum Gasteiger partial charge on any atom is 0.416 e. The van der Waals surface area contributed by atoms with Crippen LogP contribution in [0, 0.1) is 11.8 Å². The summed E-state index contributed by atoms with van der Waals surface area (Å²) in [5.41, 5.74) is 1.97. The molecule has 2 saturated carbocycles. The Hall–Kier alpha value is -2.30. The molecule has 2 aliphatic carbocycles. The summed E-state index contributed by atoms with van der Waals surface area (Å²) in [5.74, 6) is 0.382. The molecule has 1 amide bonds. The smallest absolute Gasteiger partial charge is 0.326 e. The zero-order valence-electron chi connectivity index (χ0n) is 16.3. The van der Waals surface area contributed by atoms with Gasteiger partial charge in [0.2, 0.25) is 5.91 Å². The first-order valence-corrected chi connectivity index (χ1v) is 10.5. The monoisotopic (exact) mass is 401 g/mol. The van der Waals surface area contributed by atoms with E-state index in [0.717, 1.165) is 55.8 Å². The number of alkyl halides is 3. The van der Waals surface area contributed by atoms with Crippen LogP contribution in [0.3, 0.4) is 0 Å². The first kappa shape index (κ1) is 20.0. The lowest BCUT2D eigenvalue weighted by Crippen LogP contribution is -2.26. The molecule has 0 heterocycles. The number of halogens is 3. The SMILES string of the molecule is O=C(Nc1cccc(CC2CC2)c1)[C@H](c1ccc(C(F)(F)F)cc1)C1CCCC1. The van der Waals surface area contributed by atoms with Crippen LogP contribution in [0.15, 0.2) is 48.5 Å². The number of hydrogen-bond acceptors (Lipinski definition) is 1. The molecule has 2 fully saturated rings. The Bertz CT molecular complexity index is 849. The molecule has 2 nitrogen and oxygen atoms in total. The van der Waals surface area contributed by atoms with E-state index in [2.05, 4.69) is 11.4 Å². The zero-order chi connectivity index (χ0) is 20.4. The summed E-state index contributed by atoms with van der Waals surface area (Å²) in [5, 5.41) is 3.04. The van der Waals surface area contributed by atoms with Crippen molar-refractivity contribution in [1.29, 1.82) is 0 Å². The molecule has 0 spiro atoms. The van der Waals surface area contributed by atoms with E-state index in [-0.39, 0.29) is 11.8 Å². The molecule has 4 rings (SSSR count). The molecule has 0 saturated heterocycles. The number of rotatable bonds is 6. The molecule has 0 unspecified atom stereocenters. The minimum Gasteiger partial charge on any atom is -0.326 e. The minimum atomic E-state index is -4.37. The zero-order valence-corrected chi connectivity index (χ0v) is 16.3. The lowest BCUT2D eigenvalue weighted by Gasteiger charge is -2.24. The van der Waals surface area contributed by atoms with Crippen LogP contribution in [0.25, 0.3) is 0 Å². The summed E-state index contributed by atoms with van der Waals surface area (Å²) in [4.78, 5) is 13.2. The highest BCUT2D eigenvalue weighted by molar-refractivity contribution is 5.96. The largest absolute Gasteiger partial charge is 0.416 e. The van der Waals surface area contributed by atoms with Crippen LogP contribution in [0.1, 0.15) is 61.1 Å². The molecular weight excluding hydrogens is 375 g/mol. The van der Waals surface area contributed by atoms with E-state index in [1.807, 2.05) is 18.2 Å². The van der Waals surface area contributed by atoms with Gasteiger partial charge in [-0.1, -0.05) is 37.1 Å². The van der Waals surface area contributed by atoms with Crippen molar-refractivity contribution in [2.75, 3.05) is 5.32 Å². The summed E-state index contributed by atoms with van der Waals surface area (Å²) in [7, 11) is 0. The van der Waals surface area contributed by atoms with Gasteiger partial charge in [-0.2, -0.15) is 13.2 Å². The maximum absolute atomic E-state index is 13.2. The number of hydrogen-bond donors (Lipinski definition) is 1. The quantitative estimate of drug-likeness (QED) is 0.583. The van der Waals surface area contributed by atoms with Gasteiger partial charge >= 0.3 is 6.18 Å². The van der Waals surface area contributed by atoms with Gasteiger partial charge in [-0.3, -0.25) is 4.79 Å². The molecule has 0 aromatic heterocycles. The van der Waals surface area contributed by atoms with Crippen molar-refractivity contribution in [2.24, 2.45) is 11.8 Å². The van der Waals surface area contributed by atoms with E-state index in [1.54, 1.807) is 0 Å². The Balaban J connectivity index is 1.54. The van der Waals surface area contributed by atoms with E-state index in [9.17, 15) is 18.0 Å².